The first-order valence-corrected chi connectivity index (χ1v) is 10.6. The summed E-state index contributed by atoms with van der Waals surface area (Å²) in [5, 5.41) is -0.166. The second kappa shape index (κ2) is 9.31. The van der Waals surface area contributed by atoms with Crippen LogP contribution in [-0.2, 0) is 4.79 Å². The minimum absolute atomic E-state index is 0.166. The van der Waals surface area contributed by atoms with Gasteiger partial charge in [0.15, 0.2) is 0 Å². The molecule has 0 N–H and O–H groups in total. The molecular formula is C21H27NO4S. The van der Waals surface area contributed by atoms with Gasteiger partial charge in [0.25, 0.3) is 11.1 Å². The van der Waals surface area contributed by atoms with Crippen LogP contribution in [0.5, 0.6) is 11.5 Å². The van der Waals surface area contributed by atoms with Gasteiger partial charge in [-0.25, -0.2) is 0 Å². The number of ether oxygens (including phenoxy) is 2. The maximum absolute atomic E-state index is 12.8. The predicted octanol–water partition coefficient (Wildman–Crippen LogP) is 5.10. The van der Waals surface area contributed by atoms with Gasteiger partial charge in [0.1, 0.15) is 11.5 Å². The second-order valence-corrected chi connectivity index (χ2v) is 7.86. The molecule has 1 aromatic rings. The van der Waals surface area contributed by atoms with E-state index in [4.69, 9.17) is 9.47 Å². The molecule has 27 heavy (non-hydrogen) atoms. The van der Waals surface area contributed by atoms with E-state index >= 15 is 0 Å². The first kappa shape index (κ1) is 19.8. The molecule has 146 valence electrons. The first-order valence-electron chi connectivity index (χ1n) is 9.77. The van der Waals surface area contributed by atoms with Crippen LogP contribution in [0.1, 0.15) is 51.5 Å². The molecule has 1 aliphatic heterocycles. The van der Waals surface area contributed by atoms with Gasteiger partial charge in [0.2, 0.25) is 0 Å². The fourth-order valence-corrected chi connectivity index (χ4v) is 4.44. The Kier molecular flexibility index (Phi) is 6.83. The highest BCUT2D eigenvalue weighted by Crippen LogP contribution is 2.36. The number of carbonyl (C=O) groups is 2. The fraction of sp³-hybridized carbons (Fsp3) is 0.524. The van der Waals surface area contributed by atoms with Crippen molar-refractivity contribution in [1.29, 1.82) is 0 Å². The quantitative estimate of drug-likeness (QED) is 0.607. The fourth-order valence-electron chi connectivity index (χ4n) is 3.60. The minimum atomic E-state index is -0.188. The summed E-state index contributed by atoms with van der Waals surface area (Å²) < 4.78 is 11.2. The number of thioether (sulfide) groups is 1. The topological polar surface area (TPSA) is 55.8 Å². The lowest BCUT2D eigenvalue weighted by molar-refractivity contribution is -0.123. The molecule has 0 spiro atoms. The van der Waals surface area contributed by atoms with Crippen LogP contribution in [0.2, 0.25) is 0 Å². The van der Waals surface area contributed by atoms with E-state index in [1.165, 1.54) is 24.2 Å². The van der Waals surface area contributed by atoms with Crippen molar-refractivity contribution in [3.05, 3.63) is 28.7 Å². The van der Waals surface area contributed by atoms with Crippen LogP contribution < -0.4 is 9.47 Å². The molecule has 1 saturated carbocycles. The lowest BCUT2D eigenvalue weighted by Crippen LogP contribution is -2.34. The van der Waals surface area contributed by atoms with Crippen molar-refractivity contribution < 1.29 is 19.1 Å². The summed E-state index contributed by atoms with van der Waals surface area (Å²) in [6, 6.07) is 5.54. The standard InChI is InChI=1S/C21H27NO4S/c1-3-25-17-11-10-16(18(13-17)26-4-2)12-19-20(23)22(21(24)27-19)14-15-8-6-5-7-9-15/h10-13,15H,3-9,14H2,1-2H3/b19-12+. The molecule has 2 fully saturated rings. The van der Waals surface area contributed by atoms with Gasteiger partial charge in [-0.2, -0.15) is 0 Å². The van der Waals surface area contributed by atoms with Gasteiger partial charge in [-0.3, -0.25) is 14.5 Å². The van der Waals surface area contributed by atoms with Gasteiger partial charge in [0.05, 0.1) is 18.1 Å². The zero-order valence-electron chi connectivity index (χ0n) is 16.0. The molecule has 0 radical (unpaired) electrons. The Bertz CT molecular complexity index is 725. The SMILES string of the molecule is CCOc1ccc(/C=C2/SC(=O)N(CC3CCCCC3)C2=O)c(OCC)c1. The number of carbonyl (C=O) groups excluding carboxylic acids is 2. The van der Waals surface area contributed by atoms with E-state index < -0.39 is 0 Å². The highest BCUT2D eigenvalue weighted by Gasteiger charge is 2.36. The largest absolute Gasteiger partial charge is 0.494 e. The summed E-state index contributed by atoms with van der Waals surface area (Å²) in [6.07, 6.45) is 7.62. The number of amides is 2. The van der Waals surface area contributed by atoms with Gasteiger partial charge in [-0.05, 0) is 62.6 Å². The molecule has 1 aliphatic carbocycles. The lowest BCUT2D eigenvalue weighted by atomic mass is 9.89. The van der Waals surface area contributed by atoms with Gasteiger partial charge >= 0.3 is 0 Å². The monoisotopic (exact) mass is 389 g/mol. The van der Waals surface area contributed by atoms with Crippen LogP contribution in [0.25, 0.3) is 6.08 Å². The smallest absolute Gasteiger partial charge is 0.293 e. The molecule has 0 bridgehead atoms. The first-order chi connectivity index (χ1) is 13.1. The molecular weight excluding hydrogens is 362 g/mol. The number of hydrogen-bond acceptors (Lipinski definition) is 5. The summed E-state index contributed by atoms with van der Waals surface area (Å²) in [6.45, 7) is 5.47. The van der Waals surface area contributed by atoms with E-state index in [-0.39, 0.29) is 11.1 Å². The van der Waals surface area contributed by atoms with Crippen LogP contribution in [0.3, 0.4) is 0 Å². The van der Waals surface area contributed by atoms with E-state index in [0.29, 0.717) is 36.3 Å². The third-order valence-electron chi connectivity index (χ3n) is 4.92. The van der Waals surface area contributed by atoms with E-state index in [1.54, 1.807) is 6.08 Å². The van der Waals surface area contributed by atoms with Gasteiger partial charge < -0.3 is 9.47 Å². The molecule has 3 rings (SSSR count). The predicted molar refractivity (Wildman–Crippen MR) is 108 cm³/mol. The molecule has 1 aromatic carbocycles. The van der Waals surface area contributed by atoms with E-state index in [2.05, 4.69) is 0 Å². The molecule has 2 amide bonds. The summed E-state index contributed by atoms with van der Waals surface area (Å²) in [7, 11) is 0. The number of hydrogen-bond donors (Lipinski definition) is 0. The summed E-state index contributed by atoms with van der Waals surface area (Å²) in [5.41, 5.74) is 0.781. The van der Waals surface area contributed by atoms with Crippen molar-refractivity contribution in [2.45, 2.75) is 46.0 Å². The molecule has 0 aromatic heterocycles. The number of imide groups is 1. The normalized spacial score (nSPS) is 19.8. The molecule has 0 unspecified atom stereocenters. The molecule has 1 saturated heterocycles. The summed E-state index contributed by atoms with van der Waals surface area (Å²) >= 11 is 1.02. The Labute approximate surface area is 165 Å². The van der Waals surface area contributed by atoms with E-state index in [9.17, 15) is 9.59 Å². The maximum atomic E-state index is 12.8. The van der Waals surface area contributed by atoms with Crippen LogP contribution >= 0.6 is 11.8 Å². The zero-order valence-corrected chi connectivity index (χ0v) is 16.8. The van der Waals surface area contributed by atoms with Crippen molar-refractivity contribution in [2.24, 2.45) is 5.92 Å². The van der Waals surface area contributed by atoms with Crippen LogP contribution in [0.15, 0.2) is 23.1 Å². The molecule has 2 aliphatic rings. The van der Waals surface area contributed by atoms with Crippen LogP contribution in [-0.4, -0.2) is 35.8 Å². The molecule has 5 nitrogen and oxygen atoms in total. The number of rotatable bonds is 7. The average Bonchev–Trinajstić information content (AvgIpc) is 2.93. The molecule has 1 heterocycles. The maximum Gasteiger partial charge on any atom is 0.293 e. The van der Waals surface area contributed by atoms with Crippen molar-refractivity contribution in [2.75, 3.05) is 19.8 Å². The Morgan fingerprint density at radius 1 is 1.11 bits per heavy atom. The summed E-state index contributed by atoms with van der Waals surface area (Å²) in [4.78, 5) is 27.0. The Hall–Kier alpha value is -1.95. The van der Waals surface area contributed by atoms with Crippen molar-refractivity contribution in [3.63, 3.8) is 0 Å². The highest BCUT2D eigenvalue weighted by atomic mass is 32.2. The average molecular weight is 390 g/mol. The van der Waals surface area contributed by atoms with E-state index in [0.717, 1.165) is 35.9 Å². The van der Waals surface area contributed by atoms with Crippen molar-refractivity contribution >= 4 is 29.0 Å². The zero-order chi connectivity index (χ0) is 19.2. The van der Waals surface area contributed by atoms with Crippen molar-refractivity contribution in [3.8, 4) is 11.5 Å². The van der Waals surface area contributed by atoms with Gasteiger partial charge in [-0.15, -0.1) is 0 Å². The molecule has 0 atom stereocenters. The van der Waals surface area contributed by atoms with Gasteiger partial charge in [0, 0.05) is 18.2 Å². The van der Waals surface area contributed by atoms with Crippen LogP contribution in [0, 0.1) is 5.92 Å². The van der Waals surface area contributed by atoms with E-state index in [1.807, 2.05) is 32.0 Å². The lowest BCUT2D eigenvalue weighted by Gasteiger charge is -2.25. The molecule has 6 heteroatoms. The van der Waals surface area contributed by atoms with Crippen LogP contribution in [0.4, 0.5) is 4.79 Å². The van der Waals surface area contributed by atoms with Crippen molar-refractivity contribution in [1.82, 2.24) is 4.90 Å². The summed E-state index contributed by atoms with van der Waals surface area (Å²) in [5.74, 6) is 1.63. The Morgan fingerprint density at radius 3 is 2.56 bits per heavy atom. The Morgan fingerprint density at radius 2 is 1.85 bits per heavy atom. The third-order valence-corrected chi connectivity index (χ3v) is 5.83. The number of nitrogens with zero attached hydrogens (tertiary/aromatic N) is 1. The number of benzene rings is 1. The third kappa shape index (κ3) is 4.86. The Balaban J connectivity index is 1.78. The highest BCUT2D eigenvalue weighted by molar-refractivity contribution is 8.18. The van der Waals surface area contributed by atoms with Gasteiger partial charge in [-0.1, -0.05) is 19.3 Å². The minimum Gasteiger partial charge on any atom is -0.494 e. The second-order valence-electron chi connectivity index (χ2n) is 6.86.